The Morgan fingerprint density at radius 3 is 2.64 bits per heavy atom. The van der Waals surface area contributed by atoms with E-state index in [1.54, 1.807) is 19.2 Å². The van der Waals surface area contributed by atoms with Gasteiger partial charge in [0.05, 0.1) is 0 Å². The lowest BCUT2D eigenvalue weighted by Gasteiger charge is -2.15. The lowest BCUT2D eigenvalue weighted by molar-refractivity contribution is 0.0963. The van der Waals surface area contributed by atoms with Crippen molar-refractivity contribution in [2.45, 2.75) is 13.2 Å². The van der Waals surface area contributed by atoms with Crippen LogP contribution in [0, 0.1) is 0 Å². The quantitative estimate of drug-likeness (QED) is 0.709. The summed E-state index contributed by atoms with van der Waals surface area (Å²) in [7, 11) is 3.49. The number of tetrazole rings is 1. The highest BCUT2D eigenvalue weighted by Crippen LogP contribution is 2.11. The van der Waals surface area contributed by atoms with E-state index in [0.29, 0.717) is 18.8 Å². The fourth-order valence-electron chi connectivity index (χ4n) is 2.39. The first-order chi connectivity index (χ1) is 12.1. The molecular weight excluding hydrogens is 340 g/mol. The maximum atomic E-state index is 12.3. The number of carbonyl (C=O) groups excluding carboxylic acids is 1. The molecule has 3 aromatic rings. The number of aromatic nitrogens is 4. The van der Waals surface area contributed by atoms with Crippen LogP contribution in [0.4, 0.5) is 0 Å². The maximum absolute atomic E-state index is 12.3. The summed E-state index contributed by atoms with van der Waals surface area (Å²) < 4.78 is 2.61. The van der Waals surface area contributed by atoms with E-state index in [2.05, 4.69) is 15.7 Å². The number of nitrogens with zero attached hydrogens (tertiary/aromatic N) is 5. The minimum Gasteiger partial charge on any atom is -0.355 e. The molecule has 0 aliphatic carbocycles. The van der Waals surface area contributed by atoms with E-state index in [-0.39, 0.29) is 11.6 Å². The molecule has 0 aliphatic rings. The van der Waals surface area contributed by atoms with E-state index >= 15 is 0 Å². The molecule has 0 saturated heterocycles. The van der Waals surface area contributed by atoms with Crippen LogP contribution >= 0.6 is 11.3 Å². The molecule has 25 heavy (non-hydrogen) atoms. The maximum Gasteiger partial charge on any atom is 0.370 e. The fourth-order valence-corrected chi connectivity index (χ4v) is 3.06. The molecule has 2 aromatic heterocycles. The number of nitrogens with one attached hydrogen (secondary N) is 1. The van der Waals surface area contributed by atoms with Gasteiger partial charge in [-0.1, -0.05) is 12.1 Å². The van der Waals surface area contributed by atoms with Gasteiger partial charge in [-0.25, -0.2) is 4.79 Å². The van der Waals surface area contributed by atoms with Gasteiger partial charge in [-0.05, 0) is 52.7 Å². The standard InChI is InChI=1S/C16H18N6O2S/c1-17-15(23)13-7-5-12(6-8-13)10-20(2)11-21-16(24)22(19-18-21)14-4-3-9-25-14/h3-9H,10-11H2,1-2H3,(H,17,23). The molecule has 0 aliphatic heterocycles. The van der Waals surface area contributed by atoms with Crippen LogP contribution in [0.5, 0.6) is 0 Å². The van der Waals surface area contributed by atoms with Crippen molar-refractivity contribution in [3.05, 3.63) is 63.4 Å². The van der Waals surface area contributed by atoms with E-state index in [1.807, 2.05) is 41.6 Å². The molecule has 8 nitrogen and oxygen atoms in total. The monoisotopic (exact) mass is 358 g/mol. The van der Waals surface area contributed by atoms with Crippen molar-refractivity contribution in [1.29, 1.82) is 0 Å². The average Bonchev–Trinajstić information content (AvgIpc) is 3.25. The van der Waals surface area contributed by atoms with Crippen molar-refractivity contribution in [3.63, 3.8) is 0 Å². The van der Waals surface area contributed by atoms with Crippen LogP contribution in [0.15, 0.2) is 46.6 Å². The van der Waals surface area contributed by atoms with Gasteiger partial charge in [-0.3, -0.25) is 9.69 Å². The summed E-state index contributed by atoms with van der Waals surface area (Å²) in [6, 6.07) is 11.0. The predicted molar refractivity (Wildman–Crippen MR) is 94.8 cm³/mol. The Morgan fingerprint density at radius 1 is 1.24 bits per heavy atom. The highest BCUT2D eigenvalue weighted by atomic mass is 32.1. The molecule has 0 bridgehead atoms. The van der Waals surface area contributed by atoms with Gasteiger partial charge in [0.15, 0.2) is 0 Å². The van der Waals surface area contributed by atoms with Gasteiger partial charge in [0.25, 0.3) is 5.91 Å². The summed E-state index contributed by atoms with van der Waals surface area (Å²) in [4.78, 5) is 25.8. The first-order valence-corrected chi connectivity index (χ1v) is 8.52. The topological polar surface area (TPSA) is 85.1 Å². The molecule has 3 rings (SSSR count). The zero-order valence-electron chi connectivity index (χ0n) is 13.9. The smallest absolute Gasteiger partial charge is 0.355 e. The van der Waals surface area contributed by atoms with Crippen LogP contribution < -0.4 is 11.0 Å². The van der Waals surface area contributed by atoms with Crippen molar-refractivity contribution >= 4 is 17.2 Å². The second-order valence-electron chi connectivity index (χ2n) is 5.56. The number of carbonyl (C=O) groups is 1. The Bertz CT molecular complexity index is 898. The molecule has 0 radical (unpaired) electrons. The second kappa shape index (κ2) is 7.41. The van der Waals surface area contributed by atoms with Crippen LogP contribution in [0.25, 0.3) is 5.00 Å². The molecule has 1 N–H and O–H groups in total. The molecule has 0 atom stereocenters. The summed E-state index contributed by atoms with van der Waals surface area (Å²) in [5.41, 5.74) is 1.38. The largest absolute Gasteiger partial charge is 0.370 e. The summed E-state index contributed by atoms with van der Waals surface area (Å²) in [5, 5.41) is 13.1. The Kier molecular flexibility index (Phi) is 5.05. The van der Waals surface area contributed by atoms with Crippen LogP contribution in [-0.2, 0) is 13.2 Å². The minimum atomic E-state index is -0.274. The summed E-state index contributed by atoms with van der Waals surface area (Å²) in [6.45, 7) is 0.938. The molecule has 0 unspecified atom stereocenters. The second-order valence-corrected chi connectivity index (χ2v) is 6.48. The van der Waals surface area contributed by atoms with E-state index in [9.17, 15) is 9.59 Å². The van der Waals surface area contributed by atoms with Gasteiger partial charge in [0.1, 0.15) is 11.7 Å². The fraction of sp³-hybridized carbons (Fsp3) is 0.250. The highest BCUT2D eigenvalue weighted by molar-refractivity contribution is 7.12. The lowest BCUT2D eigenvalue weighted by atomic mass is 10.1. The van der Waals surface area contributed by atoms with Gasteiger partial charge in [-0.2, -0.15) is 9.36 Å². The molecule has 0 saturated carbocycles. The average molecular weight is 358 g/mol. The molecule has 0 spiro atoms. The summed E-state index contributed by atoms with van der Waals surface area (Å²) in [5.74, 6) is -0.114. The highest BCUT2D eigenvalue weighted by Gasteiger charge is 2.11. The van der Waals surface area contributed by atoms with E-state index < -0.39 is 0 Å². The first-order valence-electron chi connectivity index (χ1n) is 7.65. The van der Waals surface area contributed by atoms with Crippen molar-refractivity contribution in [2.24, 2.45) is 0 Å². The summed E-state index contributed by atoms with van der Waals surface area (Å²) >= 11 is 1.43. The zero-order valence-corrected chi connectivity index (χ0v) is 14.7. The molecule has 130 valence electrons. The third-order valence-electron chi connectivity index (χ3n) is 3.63. The lowest BCUT2D eigenvalue weighted by Crippen LogP contribution is -2.31. The molecular formula is C16H18N6O2S. The van der Waals surface area contributed by atoms with Crippen molar-refractivity contribution < 1.29 is 4.79 Å². The van der Waals surface area contributed by atoms with Gasteiger partial charge in [-0.15, -0.1) is 11.3 Å². The SMILES string of the molecule is CNC(=O)c1ccc(CN(C)Cn2nnn(-c3cccs3)c2=O)cc1. The van der Waals surface area contributed by atoms with Crippen LogP contribution in [0.1, 0.15) is 15.9 Å². The normalized spacial score (nSPS) is 11.0. The van der Waals surface area contributed by atoms with Crippen molar-refractivity contribution in [3.8, 4) is 5.00 Å². The van der Waals surface area contributed by atoms with Gasteiger partial charge < -0.3 is 5.32 Å². The molecule has 2 heterocycles. The molecule has 1 amide bonds. The molecule has 9 heteroatoms. The number of benzene rings is 1. The number of hydrogen-bond acceptors (Lipinski definition) is 6. The van der Waals surface area contributed by atoms with E-state index in [0.717, 1.165) is 10.6 Å². The summed E-state index contributed by atoms with van der Waals surface area (Å²) in [6.07, 6.45) is 0. The number of thiophene rings is 1. The first kappa shape index (κ1) is 17.1. The van der Waals surface area contributed by atoms with Crippen LogP contribution in [-0.4, -0.2) is 44.7 Å². The van der Waals surface area contributed by atoms with Gasteiger partial charge >= 0.3 is 5.69 Å². The van der Waals surface area contributed by atoms with Crippen molar-refractivity contribution in [1.82, 2.24) is 30.0 Å². The third-order valence-corrected chi connectivity index (χ3v) is 4.47. The van der Waals surface area contributed by atoms with Gasteiger partial charge in [0, 0.05) is 19.2 Å². The Morgan fingerprint density at radius 2 is 2.00 bits per heavy atom. The predicted octanol–water partition coefficient (Wildman–Crippen LogP) is 0.940. The van der Waals surface area contributed by atoms with Crippen molar-refractivity contribution in [2.75, 3.05) is 14.1 Å². The Labute approximate surface area is 148 Å². The number of amides is 1. The number of hydrogen-bond donors (Lipinski definition) is 1. The van der Waals surface area contributed by atoms with E-state index in [4.69, 9.17) is 0 Å². The molecule has 1 aromatic carbocycles. The third kappa shape index (κ3) is 3.83. The minimum absolute atomic E-state index is 0.114. The molecule has 0 fully saturated rings. The Hall–Kier alpha value is -2.78. The Balaban J connectivity index is 1.66. The zero-order chi connectivity index (χ0) is 17.8. The van der Waals surface area contributed by atoms with Crippen LogP contribution in [0.3, 0.4) is 0 Å². The number of rotatable bonds is 6. The van der Waals surface area contributed by atoms with Gasteiger partial charge in [0.2, 0.25) is 0 Å². The van der Waals surface area contributed by atoms with E-state index in [1.165, 1.54) is 20.7 Å². The van der Waals surface area contributed by atoms with Crippen LogP contribution in [0.2, 0.25) is 0 Å².